The second-order valence-corrected chi connectivity index (χ2v) is 12.7. The van der Waals surface area contributed by atoms with Gasteiger partial charge in [-0.25, -0.2) is 9.48 Å². The largest absolute Gasteiger partial charge is 0.497 e. The summed E-state index contributed by atoms with van der Waals surface area (Å²) in [5.74, 6) is 2.21. The number of aryl methyl sites for hydroxylation is 1. The number of methoxy groups -OCH3 is 2. The van der Waals surface area contributed by atoms with Crippen LogP contribution >= 0.6 is 11.6 Å². The molecule has 2 heterocycles. The van der Waals surface area contributed by atoms with Crippen molar-refractivity contribution in [2.75, 3.05) is 19.5 Å². The first-order chi connectivity index (χ1) is 23.0. The molecule has 11 heteroatoms. The summed E-state index contributed by atoms with van der Waals surface area (Å²) in [5.41, 5.74) is 4.30. The summed E-state index contributed by atoms with van der Waals surface area (Å²) in [6.45, 7) is 8.76. The van der Waals surface area contributed by atoms with E-state index in [1.807, 2.05) is 85.8 Å². The average Bonchev–Trinajstić information content (AvgIpc) is 3.51. The molecule has 5 aromatic rings. The van der Waals surface area contributed by atoms with Crippen LogP contribution in [-0.2, 0) is 25.1 Å². The first-order valence-electron chi connectivity index (χ1n) is 15.5. The maximum atomic E-state index is 13.2. The third-order valence-corrected chi connectivity index (χ3v) is 8.20. The maximum Gasteiger partial charge on any atom is 0.320 e. The SMILES string of the molecule is COc1cccc(Cn2c(C)cc(OCc3ccccc3CNC(=O)Nc3cc(C(C)(C)C)nn3-c3cccc(OC)c3)c(Cl)c2=O)c1. The molecule has 0 saturated heterocycles. The molecule has 2 amide bonds. The van der Waals surface area contributed by atoms with E-state index in [0.29, 0.717) is 35.3 Å². The minimum absolute atomic E-state index is 0.000698. The number of pyridine rings is 1. The molecule has 0 radical (unpaired) electrons. The van der Waals surface area contributed by atoms with Crippen molar-refractivity contribution in [2.45, 2.75) is 52.8 Å². The van der Waals surface area contributed by atoms with Gasteiger partial charge in [0.25, 0.3) is 5.56 Å². The number of carbonyl (C=O) groups is 1. The first kappa shape index (κ1) is 34.1. The Kier molecular flexibility index (Phi) is 10.4. The number of nitrogens with zero attached hydrogens (tertiary/aromatic N) is 3. The summed E-state index contributed by atoms with van der Waals surface area (Å²) in [6.07, 6.45) is 0. The van der Waals surface area contributed by atoms with Crippen LogP contribution in [0.1, 0.15) is 48.8 Å². The molecule has 48 heavy (non-hydrogen) atoms. The summed E-state index contributed by atoms with van der Waals surface area (Å²) < 4.78 is 20.1. The predicted octanol–water partition coefficient (Wildman–Crippen LogP) is 7.26. The van der Waals surface area contributed by atoms with E-state index >= 15 is 0 Å². The van der Waals surface area contributed by atoms with Crippen molar-refractivity contribution in [3.8, 4) is 22.9 Å². The van der Waals surface area contributed by atoms with Gasteiger partial charge in [0.2, 0.25) is 0 Å². The number of aromatic nitrogens is 3. The maximum absolute atomic E-state index is 13.2. The molecule has 0 spiro atoms. The molecule has 0 fully saturated rings. The van der Waals surface area contributed by atoms with Crippen LogP contribution in [0.25, 0.3) is 5.69 Å². The van der Waals surface area contributed by atoms with E-state index in [2.05, 4.69) is 31.4 Å². The zero-order valence-electron chi connectivity index (χ0n) is 28.0. The molecule has 2 N–H and O–H groups in total. The zero-order chi connectivity index (χ0) is 34.4. The number of anilines is 1. The number of rotatable bonds is 11. The fraction of sp³-hybridized carbons (Fsp3) is 0.270. The number of urea groups is 1. The van der Waals surface area contributed by atoms with Gasteiger partial charge in [-0.05, 0) is 47.9 Å². The average molecular weight is 670 g/mol. The van der Waals surface area contributed by atoms with Gasteiger partial charge in [0, 0.05) is 35.9 Å². The van der Waals surface area contributed by atoms with E-state index < -0.39 is 6.03 Å². The quantitative estimate of drug-likeness (QED) is 0.153. The van der Waals surface area contributed by atoms with E-state index in [-0.39, 0.29) is 29.1 Å². The van der Waals surface area contributed by atoms with Gasteiger partial charge in [0.15, 0.2) is 0 Å². The molecule has 0 unspecified atom stereocenters. The molecule has 5 rings (SSSR count). The standard InChI is InChI=1S/C37H40ClN5O5/c1-24-17-31(34(38)35(44)42(24)22-25-11-9-15-29(18-25)46-5)48-23-27-13-8-7-12-26(27)21-39-36(45)40-33-20-32(37(2,3)4)41-43(33)28-14-10-16-30(19-28)47-6/h7-20H,21-23H2,1-6H3,(H2,39,40,45). The molecule has 0 saturated carbocycles. The smallest absolute Gasteiger partial charge is 0.320 e. The molecule has 2 aromatic heterocycles. The number of nitrogens with one attached hydrogen (secondary N) is 2. The van der Waals surface area contributed by atoms with Gasteiger partial charge in [-0.3, -0.25) is 10.1 Å². The van der Waals surface area contributed by atoms with Crippen LogP contribution in [0, 0.1) is 6.92 Å². The van der Waals surface area contributed by atoms with Crippen LogP contribution in [0.15, 0.2) is 89.7 Å². The van der Waals surface area contributed by atoms with Gasteiger partial charge in [-0.15, -0.1) is 0 Å². The molecule has 3 aromatic carbocycles. The van der Waals surface area contributed by atoms with Crippen molar-refractivity contribution in [1.82, 2.24) is 19.7 Å². The number of benzene rings is 3. The highest BCUT2D eigenvalue weighted by Crippen LogP contribution is 2.28. The number of halogens is 1. The summed E-state index contributed by atoms with van der Waals surface area (Å²) in [7, 11) is 3.21. The number of hydrogen-bond donors (Lipinski definition) is 2. The fourth-order valence-corrected chi connectivity index (χ4v) is 5.32. The summed E-state index contributed by atoms with van der Waals surface area (Å²) in [4.78, 5) is 26.4. The first-order valence-corrected chi connectivity index (χ1v) is 15.9. The lowest BCUT2D eigenvalue weighted by atomic mass is 9.92. The highest BCUT2D eigenvalue weighted by molar-refractivity contribution is 6.31. The van der Waals surface area contributed by atoms with Crippen molar-refractivity contribution in [3.63, 3.8) is 0 Å². The zero-order valence-corrected chi connectivity index (χ0v) is 28.7. The Morgan fingerprint density at radius 2 is 1.58 bits per heavy atom. The highest BCUT2D eigenvalue weighted by Gasteiger charge is 2.22. The normalized spacial score (nSPS) is 11.2. The van der Waals surface area contributed by atoms with Crippen LogP contribution in [0.5, 0.6) is 17.2 Å². The summed E-state index contributed by atoms with van der Waals surface area (Å²) in [5, 5.41) is 10.7. The predicted molar refractivity (Wildman–Crippen MR) is 188 cm³/mol. The van der Waals surface area contributed by atoms with Crippen molar-refractivity contribution in [1.29, 1.82) is 0 Å². The van der Waals surface area contributed by atoms with Gasteiger partial charge in [0.05, 0.1) is 32.1 Å². The van der Waals surface area contributed by atoms with Gasteiger partial charge in [0.1, 0.15) is 34.7 Å². The highest BCUT2D eigenvalue weighted by atomic mass is 35.5. The van der Waals surface area contributed by atoms with Crippen molar-refractivity contribution >= 4 is 23.4 Å². The number of hydrogen-bond acceptors (Lipinski definition) is 6. The van der Waals surface area contributed by atoms with Crippen LogP contribution in [0.4, 0.5) is 10.6 Å². The lowest BCUT2D eigenvalue weighted by Gasteiger charge is -2.16. The molecule has 0 aliphatic heterocycles. The lowest BCUT2D eigenvalue weighted by Crippen LogP contribution is -2.29. The molecule has 0 bridgehead atoms. The monoisotopic (exact) mass is 669 g/mol. The Bertz CT molecular complexity index is 1980. The van der Waals surface area contributed by atoms with E-state index in [4.69, 9.17) is 30.9 Å². The second kappa shape index (κ2) is 14.7. The van der Waals surface area contributed by atoms with Crippen LogP contribution in [0.2, 0.25) is 5.02 Å². The molecule has 0 atom stereocenters. The Morgan fingerprint density at radius 1 is 0.896 bits per heavy atom. The summed E-state index contributed by atoms with van der Waals surface area (Å²) >= 11 is 6.52. The number of ether oxygens (including phenoxy) is 3. The molecular formula is C37H40ClN5O5. The third-order valence-electron chi connectivity index (χ3n) is 7.85. The van der Waals surface area contributed by atoms with Crippen LogP contribution in [-0.4, -0.2) is 34.6 Å². The number of amides is 2. The summed E-state index contributed by atoms with van der Waals surface area (Å²) in [6, 6.07) is 25.9. The van der Waals surface area contributed by atoms with E-state index in [1.165, 1.54) is 0 Å². The Hall–Kier alpha value is -5.22. The molecular weight excluding hydrogens is 630 g/mol. The lowest BCUT2D eigenvalue weighted by molar-refractivity contribution is 0.251. The minimum atomic E-state index is -0.395. The topological polar surface area (TPSA) is 109 Å². The van der Waals surface area contributed by atoms with Crippen molar-refractivity contribution in [2.24, 2.45) is 0 Å². The Labute approximate surface area is 285 Å². The molecule has 0 aliphatic carbocycles. The second-order valence-electron chi connectivity index (χ2n) is 12.3. The molecule has 10 nitrogen and oxygen atoms in total. The minimum Gasteiger partial charge on any atom is -0.497 e. The Morgan fingerprint density at radius 3 is 2.29 bits per heavy atom. The number of carbonyl (C=O) groups excluding carboxylic acids is 1. The van der Waals surface area contributed by atoms with Crippen LogP contribution < -0.4 is 30.4 Å². The van der Waals surface area contributed by atoms with Crippen molar-refractivity contribution < 1.29 is 19.0 Å². The molecule has 250 valence electrons. The van der Waals surface area contributed by atoms with E-state index in [1.54, 1.807) is 29.5 Å². The Balaban J connectivity index is 1.27. The third kappa shape index (κ3) is 8.01. The van der Waals surface area contributed by atoms with Crippen molar-refractivity contribution in [3.05, 3.63) is 128 Å². The molecule has 0 aliphatic rings. The van der Waals surface area contributed by atoms with Gasteiger partial charge >= 0.3 is 6.03 Å². The van der Waals surface area contributed by atoms with Gasteiger partial charge in [-0.1, -0.05) is 74.8 Å². The van der Waals surface area contributed by atoms with E-state index in [9.17, 15) is 9.59 Å². The van der Waals surface area contributed by atoms with E-state index in [0.717, 1.165) is 28.1 Å². The van der Waals surface area contributed by atoms with Gasteiger partial charge in [-0.2, -0.15) is 5.10 Å². The van der Waals surface area contributed by atoms with Crippen LogP contribution in [0.3, 0.4) is 0 Å². The fourth-order valence-electron chi connectivity index (χ4n) is 5.11. The van der Waals surface area contributed by atoms with Gasteiger partial charge < -0.3 is 24.1 Å².